The van der Waals surface area contributed by atoms with Gasteiger partial charge in [-0.15, -0.1) is 0 Å². The molecule has 0 aromatic heterocycles. The zero-order valence-corrected chi connectivity index (χ0v) is 16.8. The number of ether oxygens (including phenoxy) is 2. The molecule has 1 amide bonds. The summed E-state index contributed by atoms with van der Waals surface area (Å²) in [6, 6.07) is 15.3. The number of benzene rings is 2. The molecule has 1 aliphatic heterocycles. The molecule has 1 fully saturated rings. The van der Waals surface area contributed by atoms with E-state index in [0.717, 1.165) is 30.5 Å². The third kappa shape index (κ3) is 5.99. The molecule has 0 spiro atoms. The molecule has 2 aromatic rings. The largest absolute Gasteiger partial charge is 0.497 e. The molecule has 1 unspecified atom stereocenters. The van der Waals surface area contributed by atoms with Crippen molar-refractivity contribution in [3.05, 3.63) is 59.7 Å². The monoisotopic (exact) mass is 382 g/mol. The van der Waals surface area contributed by atoms with Crippen molar-refractivity contribution in [1.82, 2.24) is 10.2 Å². The predicted molar refractivity (Wildman–Crippen MR) is 111 cm³/mol. The van der Waals surface area contributed by atoms with Gasteiger partial charge in [0, 0.05) is 18.7 Å². The minimum Gasteiger partial charge on any atom is -0.497 e. The van der Waals surface area contributed by atoms with E-state index in [1.165, 1.54) is 24.9 Å². The first kappa shape index (κ1) is 20.2. The topological polar surface area (TPSA) is 50.8 Å². The molecule has 0 bridgehead atoms. The van der Waals surface area contributed by atoms with Crippen molar-refractivity contribution in [3.63, 3.8) is 0 Å². The maximum atomic E-state index is 12.3. The average Bonchev–Trinajstić information content (AvgIpc) is 2.72. The highest BCUT2D eigenvalue weighted by Gasteiger charge is 2.16. The van der Waals surface area contributed by atoms with Crippen LogP contribution in [0, 0.1) is 5.92 Å². The van der Waals surface area contributed by atoms with Crippen LogP contribution < -0.4 is 14.8 Å². The van der Waals surface area contributed by atoms with E-state index < -0.39 is 0 Å². The summed E-state index contributed by atoms with van der Waals surface area (Å²) in [5.41, 5.74) is 1.94. The van der Waals surface area contributed by atoms with Gasteiger partial charge in [0.15, 0.2) is 0 Å². The first-order valence-corrected chi connectivity index (χ1v) is 10.0. The van der Waals surface area contributed by atoms with Crippen LogP contribution in [0.1, 0.15) is 35.7 Å². The number of nitrogens with zero attached hydrogens (tertiary/aromatic N) is 1. The molecule has 0 radical (unpaired) electrons. The summed E-state index contributed by atoms with van der Waals surface area (Å²) in [5.74, 6) is 2.25. The number of methoxy groups -OCH3 is 1. The molecule has 0 saturated carbocycles. The highest BCUT2D eigenvalue weighted by molar-refractivity contribution is 5.94. The molecule has 1 atom stereocenters. The van der Waals surface area contributed by atoms with Gasteiger partial charge in [0.05, 0.1) is 13.7 Å². The summed E-state index contributed by atoms with van der Waals surface area (Å²) < 4.78 is 10.7. The first-order valence-electron chi connectivity index (χ1n) is 10.0. The number of rotatable bonds is 8. The van der Waals surface area contributed by atoms with Crippen LogP contribution in [-0.2, 0) is 6.54 Å². The minimum absolute atomic E-state index is 0.0727. The summed E-state index contributed by atoms with van der Waals surface area (Å²) in [5, 5.41) is 2.90. The molecule has 2 aromatic carbocycles. The van der Waals surface area contributed by atoms with Crippen molar-refractivity contribution < 1.29 is 14.3 Å². The number of nitrogens with one attached hydrogen (secondary N) is 1. The second kappa shape index (κ2) is 10.1. The lowest BCUT2D eigenvalue weighted by molar-refractivity contribution is 0.0947. The molecule has 150 valence electrons. The third-order valence-corrected chi connectivity index (χ3v) is 5.08. The maximum Gasteiger partial charge on any atom is 0.251 e. The lowest BCUT2D eigenvalue weighted by Gasteiger charge is -2.30. The number of amides is 1. The number of carbonyl (C=O) groups is 1. The SMILES string of the molecule is COc1ccc(OCCNC(=O)c2ccc(CN3CCCC(C)C3)cc2)cc1. The van der Waals surface area contributed by atoms with Gasteiger partial charge in [-0.25, -0.2) is 0 Å². The Hall–Kier alpha value is -2.53. The summed E-state index contributed by atoms with van der Waals surface area (Å²) >= 11 is 0. The van der Waals surface area contributed by atoms with Crippen LogP contribution in [0.25, 0.3) is 0 Å². The molecule has 5 heteroatoms. The van der Waals surface area contributed by atoms with E-state index in [2.05, 4.69) is 29.3 Å². The Morgan fingerprint density at radius 2 is 1.82 bits per heavy atom. The van der Waals surface area contributed by atoms with Crippen molar-refractivity contribution in [3.8, 4) is 11.5 Å². The van der Waals surface area contributed by atoms with Crippen LogP contribution in [0.3, 0.4) is 0 Å². The molecule has 1 saturated heterocycles. The number of likely N-dealkylation sites (tertiary alicyclic amines) is 1. The minimum atomic E-state index is -0.0727. The van der Waals surface area contributed by atoms with Gasteiger partial charge in [0.2, 0.25) is 0 Å². The normalized spacial score (nSPS) is 17.1. The van der Waals surface area contributed by atoms with Gasteiger partial charge < -0.3 is 14.8 Å². The molecular formula is C23H30N2O3. The molecule has 1 aliphatic rings. The second-order valence-corrected chi connectivity index (χ2v) is 7.46. The summed E-state index contributed by atoms with van der Waals surface area (Å²) in [4.78, 5) is 14.8. The average molecular weight is 383 g/mol. The van der Waals surface area contributed by atoms with E-state index in [4.69, 9.17) is 9.47 Å². The maximum absolute atomic E-state index is 12.3. The van der Waals surface area contributed by atoms with Crippen molar-refractivity contribution >= 4 is 5.91 Å². The van der Waals surface area contributed by atoms with Crippen LogP contribution in [0.4, 0.5) is 0 Å². The van der Waals surface area contributed by atoms with Crippen LogP contribution in [0.2, 0.25) is 0 Å². The molecule has 5 nitrogen and oxygen atoms in total. The van der Waals surface area contributed by atoms with Gasteiger partial charge in [0.25, 0.3) is 5.91 Å². The molecule has 1 N–H and O–H groups in total. The summed E-state index contributed by atoms with van der Waals surface area (Å²) in [6.07, 6.45) is 2.61. The van der Waals surface area contributed by atoms with Gasteiger partial charge in [-0.1, -0.05) is 19.1 Å². The van der Waals surface area contributed by atoms with E-state index >= 15 is 0 Å². The van der Waals surface area contributed by atoms with Crippen molar-refractivity contribution in [2.24, 2.45) is 5.92 Å². The van der Waals surface area contributed by atoms with E-state index in [1.807, 2.05) is 36.4 Å². The molecule has 0 aliphatic carbocycles. The first-order chi connectivity index (χ1) is 13.6. The third-order valence-electron chi connectivity index (χ3n) is 5.08. The van der Waals surface area contributed by atoms with Gasteiger partial charge >= 0.3 is 0 Å². The quantitative estimate of drug-likeness (QED) is 0.707. The van der Waals surface area contributed by atoms with Crippen molar-refractivity contribution in [2.75, 3.05) is 33.4 Å². The van der Waals surface area contributed by atoms with E-state index in [0.29, 0.717) is 18.7 Å². The lowest BCUT2D eigenvalue weighted by Crippen LogP contribution is -2.33. The van der Waals surface area contributed by atoms with E-state index in [-0.39, 0.29) is 5.91 Å². The van der Waals surface area contributed by atoms with Crippen LogP contribution in [0.5, 0.6) is 11.5 Å². The number of hydrogen-bond acceptors (Lipinski definition) is 4. The lowest BCUT2D eigenvalue weighted by atomic mass is 9.99. The number of hydrogen-bond donors (Lipinski definition) is 1. The number of carbonyl (C=O) groups excluding carboxylic acids is 1. The van der Waals surface area contributed by atoms with Gasteiger partial charge in [-0.3, -0.25) is 9.69 Å². The predicted octanol–water partition coefficient (Wildman–Crippen LogP) is 3.74. The van der Waals surface area contributed by atoms with Crippen LogP contribution in [-0.4, -0.2) is 44.2 Å². The summed E-state index contributed by atoms with van der Waals surface area (Å²) in [6.45, 7) is 6.48. The molecule has 28 heavy (non-hydrogen) atoms. The van der Waals surface area contributed by atoms with Crippen molar-refractivity contribution in [1.29, 1.82) is 0 Å². The smallest absolute Gasteiger partial charge is 0.251 e. The highest BCUT2D eigenvalue weighted by atomic mass is 16.5. The molecular weight excluding hydrogens is 352 g/mol. The van der Waals surface area contributed by atoms with E-state index in [9.17, 15) is 4.79 Å². The zero-order chi connectivity index (χ0) is 19.8. The van der Waals surface area contributed by atoms with Crippen molar-refractivity contribution in [2.45, 2.75) is 26.3 Å². The van der Waals surface area contributed by atoms with Gasteiger partial charge in [-0.2, -0.15) is 0 Å². The Balaban J connectivity index is 1.40. The fourth-order valence-electron chi connectivity index (χ4n) is 3.56. The molecule has 1 heterocycles. The fraction of sp³-hybridized carbons (Fsp3) is 0.435. The second-order valence-electron chi connectivity index (χ2n) is 7.46. The van der Waals surface area contributed by atoms with Crippen LogP contribution >= 0.6 is 0 Å². The Bertz CT molecular complexity index is 743. The fourth-order valence-corrected chi connectivity index (χ4v) is 3.56. The highest BCUT2D eigenvalue weighted by Crippen LogP contribution is 2.18. The Kier molecular flexibility index (Phi) is 7.31. The molecule has 3 rings (SSSR count). The Labute approximate surface area is 167 Å². The van der Waals surface area contributed by atoms with Crippen LogP contribution in [0.15, 0.2) is 48.5 Å². The zero-order valence-electron chi connectivity index (χ0n) is 16.8. The van der Waals surface area contributed by atoms with Gasteiger partial charge in [0.1, 0.15) is 18.1 Å². The Morgan fingerprint density at radius 1 is 1.11 bits per heavy atom. The Morgan fingerprint density at radius 3 is 2.50 bits per heavy atom. The van der Waals surface area contributed by atoms with E-state index in [1.54, 1.807) is 7.11 Å². The summed E-state index contributed by atoms with van der Waals surface area (Å²) in [7, 11) is 1.63. The number of piperidine rings is 1. The van der Waals surface area contributed by atoms with Gasteiger partial charge in [-0.05, 0) is 67.3 Å². The standard InChI is InChI=1S/C23H30N2O3/c1-18-4-3-14-25(16-18)17-19-5-7-20(8-6-19)23(26)24-13-15-28-22-11-9-21(27-2)10-12-22/h5-12,18H,3-4,13-17H2,1-2H3,(H,24,26).